The lowest BCUT2D eigenvalue weighted by Gasteiger charge is -2.14. The Morgan fingerprint density at radius 1 is 1.33 bits per heavy atom. The molecule has 1 aromatic carbocycles. The van der Waals surface area contributed by atoms with Gasteiger partial charge in [0.15, 0.2) is 5.16 Å². The van der Waals surface area contributed by atoms with E-state index in [0.29, 0.717) is 5.16 Å². The van der Waals surface area contributed by atoms with Crippen molar-refractivity contribution in [2.45, 2.75) is 38.8 Å². The number of aryl methyl sites for hydroxylation is 2. The Balaban J connectivity index is 2.55. The van der Waals surface area contributed by atoms with Gasteiger partial charge in [-0.1, -0.05) is 37.7 Å². The molecule has 5 nitrogen and oxygen atoms in total. The molecule has 0 spiro atoms. The largest absolute Gasteiger partial charge is 0.481 e. The summed E-state index contributed by atoms with van der Waals surface area (Å²) in [6.45, 7) is 8.17. The number of hydrogen-bond donors (Lipinski definition) is 1. The maximum Gasteiger partial charge on any atom is 0.313 e. The summed E-state index contributed by atoms with van der Waals surface area (Å²) in [5, 5.41) is 17.9. The lowest BCUT2D eigenvalue weighted by atomic mass is 10.1. The average Bonchev–Trinajstić information content (AvgIpc) is 2.83. The molecule has 2 rings (SSSR count). The van der Waals surface area contributed by atoms with Crippen LogP contribution in [0.25, 0.3) is 5.69 Å². The van der Waals surface area contributed by atoms with E-state index >= 15 is 0 Å². The topological polar surface area (TPSA) is 68.0 Å². The van der Waals surface area contributed by atoms with E-state index in [4.69, 9.17) is 5.11 Å². The second-order valence-corrected chi connectivity index (χ2v) is 6.25. The average molecular weight is 305 g/mol. The summed E-state index contributed by atoms with van der Waals surface area (Å²) in [6.07, 6.45) is 0. The van der Waals surface area contributed by atoms with Crippen molar-refractivity contribution in [1.29, 1.82) is 0 Å². The number of hydrogen-bond acceptors (Lipinski definition) is 4. The molecule has 0 aliphatic carbocycles. The minimum absolute atomic E-state index is 0.0267. The Morgan fingerprint density at radius 3 is 2.67 bits per heavy atom. The number of carbonyl (C=O) groups is 1. The highest BCUT2D eigenvalue weighted by atomic mass is 32.2. The highest BCUT2D eigenvalue weighted by molar-refractivity contribution is 7.99. The molecular weight excluding hydrogens is 286 g/mol. The zero-order valence-electron chi connectivity index (χ0n) is 12.6. The zero-order chi connectivity index (χ0) is 15.6. The van der Waals surface area contributed by atoms with Gasteiger partial charge in [0.05, 0.1) is 11.4 Å². The van der Waals surface area contributed by atoms with Crippen molar-refractivity contribution < 1.29 is 9.90 Å². The molecule has 0 unspecified atom stereocenters. The lowest BCUT2D eigenvalue weighted by Crippen LogP contribution is -2.07. The standard InChI is InChI=1S/C15H19N3O2S/c1-9(2)14-16-17-15(21-8-13(19)20)18(14)12-7-10(3)5-6-11(12)4/h5-7,9H,8H2,1-4H3,(H,19,20). The molecule has 0 saturated heterocycles. The molecule has 0 fully saturated rings. The summed E-state index contributed by atoms with van der Waals surface area (Å²) in [6, 6.07) is 6.19. The number of nitrogens with zero attached hydrogens (tertiary/aromatic N) is 3. The maximum atomic E-state index is 10.8. The van der Waals surface area contributed by atoms with Crippen LogP contribution in [0.1, 0.15) is 36.7 Å². The van der Waals surface area contributed by atoms with E-state index in [0.717, 1.165) is 22.6 Å². The second kappa shape index (κ2) is 6.30. The van der Waals surface area contributed by atoms with Crippen LogP contribution >= 0.6 is 11.8 Å². The van der Waals surface area contributed by atoms with Crippen LogP contribution in [0.4, 0.5) is 0 Å². The number of thioether (sulfide) groups is 1. The molecule has 1 N–H and O–H groups in total. The number of carboxylic acid groups (broad SMARTS) is 1. The Bertz CT molecular complexity index is 665. The predicted molar refractivity (Wildman–Crippen MR) is 83.3 cm³/mol. The highest BCUT2D eigenvalue weighted by Gasteiger charge is 2.19. The monoisotopic (exact) mass is 305 g/mol. The molecule has 21 heavy (non-hydrogen) atoms. The first-order valence-electron chi connectivity index (χ1n) is 6.77. The van der Waals surface area contributed by atoms with Crippen LogP contribution in [0.3, 0.4) is 0 Å². The number of carboxylic acids is 1. The van der Waals surface area contributed by atoms with Crippen molar-refractivity contribution >= 4 is 17.7 Å². The molecule has 112 valence electrons. The Labute approximate surface area is 128 Å². The van der Waals surface area contributed by atoms with Crippen molar-refractivity contribution in [1.82, 2.24) is 14.8 Å². The minimum Gasteiger partial charge on any atom is -0.481 e. The normalized spacial score (nSPS) is 11.1. The summed E-state index contributed by atoms with van der Waals surface area (Å²) in [5.41, 5.74) is 3.27. The van der Waals surface area contributed by atoms with Crippen molar-refractivity contribution in [2.75, 3.05) is 5.75 Å². The van der Waals surface area contributed by atoms with Gasteiger partial charge in [-0.15, -0.1) is 10.2 Å². The van der Waals surface area contributed by atoms with Crippen LogP contribution in [0.15, 0.2) is 23.4 Å². The first-order valence-corrected chi connectivity index (χ1v) is 7.76. The number of benzene rings is 1. The van der Waals surface area contributed by atoms with Gasteiger partial charge in [-0.2, -0.15) is 0 Å². The van der Waals surface area contributed by atoms with Gasteiger partial charge in [-0.05, 0) is 31.0 Å². The summed E-state index contributed by atoms with van der Waals surface area (Å²) in [5.74, 6) is 0.163. The molecule has 6 heteroatoms. The third-order valence-corrected chi connectivity index (χ3v) is 4.02. The molecule has 0 aliphatic heterocycles. The van der Waals surface area contributed by atoms with E-state index in [1.807, 2.05) is 18.4 Å². The number of rotatable bonds is 5. The molecule has 1 aromatic heterocycles. The Kier molecular flexibility index (Phi) is 4.67. The van der Waals surface area contributed by atoms with Crippen LogP contribution in [-0.4, -0.2) is 31.6 Å². The van der Waals surface area contributed by atoms with Gasteiger partial charge in [-0.25, -0.2) is 0 Å². The summed E-state index contributed by atoms with van der Waals surface area (Å²) >= 11 is 1.19. The van der Waals surface area contributed by atoms with E-state index in [1.165, 1.54) is 11.8 Å². The van der Waals surface area contributed by atoms with E-state index < -0.39 is 5.97 Å². The summed E-state index contributed by atoms with van der Waals surface area (Å²) in [7, 11) is 0. The van der Waals surface area contributed by atoms with Gasteiger partial charge in [0, 0.05) is 5.92 Å². The second-order valence-electron chi connectivity index (χ2n) is 5.30. The third-order valence-electron chi connectivity index (χ3n) is 3.11. The van der Waals surface area contributed by atoms with E-state index in [9.17, 15) is 4.79 Å². The molecule has 0 bridgehead atoms. The van der Waals surface area contributed by atoms with Crippen molar-refractivity contribution in [3.8, 4) is 5.69 Å². The third kappa shape index (κ3) is 3.44. The van der Waals surface area contributed by atoms with Crippen molar-refractivity contribution in [3.05, 3.63) is 35.2 Å². The Hall–Kier alpha value is -1.82. The molecule has 0 amide bonds. The molecule has 1 heterocycles. The van der Waals surface area contributed by atoms with Crippen LogP contribution in [0, 0.1) is 13.8 Å². The van der Waals surface area contributed by atoms with Gasteiger partial charge in [0.1, 0.15) is 5.82 Å². The van der Waals surface area contributed by atoms with Gasteiger partial charge >= 0.3 is 5.97 Å². The van der Waals surface area contributed by atoms with Crippen molar-refractivity contribution in [3.63, 3.8) is 0 Å². The van der Waals surface area contributed by atoms with E-state index in [-0.39, 0.29) is 11.7 Å². The van der Waals surface area contributed by atoms with Crippen LogP contribution in [-0.2, 0) is 4.79 Å². The smallest absolute Gasteiger partial charge is 0.313 e. The van der Waals surface area contributed by atoms with Crippen molar-refractivity contribution in [2.24, 2.45) is 0 Å². The van der Waals surface area contributed by atoms with Gasteiger partial charge in [-0.3, -0.25) is 9.36 Å². The molecular formula is C15H19N3O2S. The fourth-order valence-corrected chi connectivity index (χ4v) is 2.73. The molecule has 0 aliphatic rings. The predicted octanol–water partition coefficient (Wildman–Crippen LogP) is 3.18. The van der Waals surface area contributed by atoms with Gasteiger partial charge in [0.2, 0.25) is 0 Å². The highest BCUT2D eigenvalue weighted by Crippen LogP contribution is 2.27. The lowest BCUT2D eigenvalue weighted by molar-refractivity contribution is -0.133. The molecule has 0 radical (unpaired) electrons. The summed E-state index contributed by atoms with van der Waals surface area (Å²) < 4.78 is 1.97. The SMILES string of the molecule is Cc1ccc(C)c(-n2c(SCC(=O)O)nnc2C(C)C)c1. The summed E-state index contributed by atoms with van der Waals surface area (Å²) in [4.78, 5) is 10.8. The van der Waals surface area contributed by atoms with Crippen LogP contribution < -0.4 is 0 Å². The maximum absolute atomic E-state index is 10.8. The zero-order valence-corrected chi connectivity index (χ0v) is 13.4. The van der Waals surface area contributed by atoms with E-state index in [1.54, 1.807) is 0 Å². The van der Waals surface area contributed by atoms with Gasteiger partial charge in [0.25, 0.3) is 0 Å². The molecule has 0 atom stereocenters. The molecule has 2 aromatic rings. The minimum atomic E-state index is -0.860. The first-order chi connectivity index (χ1) is 9.90. The van der Waals surface area contributed by atoms with Crippen LogP contribution in [0.2, 0.25) is 0 Å². The van der Waals surface area contributed by atoms with Gasteiger partial charge < -0.3 is 5.11 Å². The number of aliphatic carboxylic acids is 1. The quantitative estimate of drug-likeness (QED) is 0.859. The fraction of sp³-hybridized carbons (Fsp3) is 0.400. The molecule has 0 saturated carbocycles. The number of aromatic nitrogens is 3. The fourth-order valence-electron chi connectivity index (χ4n) is 2.06. The van der Waals surface area contributed by atoms with Crippen LogP contribution in [0.5, 0.6) is 0 Å². The van der Waals surface area contributed by atoms with E-state index in [2.05, 4.69) is 42.2 Å². The first kappa shape index (κ1) is 15.6. The Morgan fingerprint density at radius 2 is 2.05 bits per heavy atom.